The molecule has 21 heavy (non-hydrogen) atoms. The van der Waals surface area contributed by atoms with Gasteiger partial charge in [0.25, 0.3) is 0 Å². The van der Waals surface area contributed by atoms with Crippen molar-refractivity contribution >= 4 is 11.7 Å². The molecule has 0 aromatic heterocycles. The number of Topliss-reactive ketones (excluding diaryl/α,β-unsaturated/α-hetero) is 1. The van der Waals surface area contributed by atoms with Crippen molar-refractivity contribution in [3.05, 3.63) is 11.6 Å². The van der Waals surface area contributed by atoms with Crippen LogP contribution in [0, 0.1) is 22.2 Å². The van der Waals surface area contributed by atoms with Gasteiger partial charge in [0.15, 0.2) is 5.78 Å². The van der Waals surface area contributed by atoms with Gasteiger partial charge in [-0.1, -0.05) is 33.8 Å². The summed E-state index contributed by atoms with van der Waals surface area (Å²) >= 11 is 0. The van der Waals surface area contributed by atoms with Crippen molar-refractivity contribution in [2.45, 2.75) is 53.9 Å². The Morgan fingerprint density at radius 2 is 2.00 bits per heavy atom. The van der Waals surface area contributed by atoms with Crippen LogP contribution in [0.3, 0.4) is 0 Å². The maximum atomic E-state index is 12.1. The first-order valence-corrected chi connectivity index (χ1v) is 7.73. The first-order chi connectivity index (χ1) is 9.80. The van der Waals surface area contributed by atoms with Gasteiger partial charge in [0.2, 0.25) is 5.91 Å². The van der Waals surface area contributed by atoms with Gasteiger partial charge in [-0.15, -0.1) is 0 Å². The van der Waals surface area contributed by atoms with Crippen LogP contribution < -0.4 is 0 Å². The number of likely N-dealkylation sites (tertiary alicyclic amines) is 1. The molecule has 0 aromatic carbocycles. The Balaban J connectivity index is 0.00000106. The van der Waals surface area contributed by atoms with Gasteiger partial charge in [0.05, 0.1) is 5.57 Å². The molecule has 0 aromatic rings. The number of nitrogens with zero attached hydrogens (tertiary/aromatic N) is 2. The predicted octanol–water partition coefficient (Wildman–Crippen LogP) is 3.09. The zero-order valence-electron chi connectivity index (χ0n) is 13.8. The molecule has 0 N–H and O–H groups in total. The van der Waals surface area contributed by atoms with Crippen molar-refractivity contribution < 1.29 is 9.59 Å². The second-order valence-electron chi connectivity index (χ2n) is 6.47. The summed E-state index contributed by atoms with van der Waals surface area (Å²) < 4.78 is 0. The predicted molar refractivity (Wildman–Crippen MR) is 82.4 cm³/mol. The number of ketones is 1. The number of hydrogen-bond acceptors (Lipinski definition) is 3. The lowest BCUT2D eigenvalue weighted by atomic mass is 9.62. The van der Waals surface area contributed by atoms with E-state index in [1.807, 2.05) is 44.7 Å². The van der Waals surface area contributed by atoms with E-state index < -0.39 is 5.41 Å². The molecule has 1 atom stereocenters. The topological polar surface area (TPSA) is 61.2 Å². The van der Waals surface area contributed by atoms with E-state index in [0.717, 1.165) is 19.4 Å². The van der Waals surface area contributed by atoms with E-state index >= 15 is 0 Å². The standard InChI is InChI=1S/C15H20N2O2.C2H6/c1-11(18)17-6-4-5-15(10-17)7-12(8-16)13(19)14(2,3)9-15;1-2/h7H,4-6,9-10H2,1-3H3;1-2H3. The van der Waals surface area contributed by atoms with Gasteiger partial charge in [-0.05, 0) is 19.3 Å². The van der Waals surface area contributed by atoms with Crippen LogP contribution in [0.1, 0.15) is 53.9 Å². The highest BCUT2D eigenvalue weighted by atomic mass is 16.2. The van der Waals surface area contributed by atoms with Gasteiger partial charge in [-0.25, -0.2) is 0 Å². The summed E-state index contributed by atoms with van der Waals surface area (Å²) in [6, 6.07) is 2.03. The van der Waals surface area contributed by atoms with Gasteiger partial charge >= 0.3 is 0 Å². The maximum Gasteiger partial charge on any atom is 0.219 e. The number of carbonyl (C=O) groups is 2. The quantitative estimate of drug-likeness (QED) is 0.688. The minimum absolute atomic E-state index is 0.0689. The average Bonchev–Trinajstić information content (AvgIpc) is 2.45. The van der Waals surface area contributed by atoms with Crippen molar-refractivity contribution in [2.75, 3.05) is 13.1 Å². The number of hydrogen-bond donors (Lipinski definition) is 0. The summed E-state index contributed by atoms with van der Waals surface area (Å²) in [4.78, 5) is 25.6. The largest absolute Gasteiger partial charge is 0.342 e. The average molecular weight is 290 g/mol. The molecular formula is C17H26N2O2. The van der Waals surface area contributed by atoms with Gasteiger partial charge in [-0.3, -0.25) is 9.59 Å². The molecule has 1 unspecified atom stereocenters. The smallest absolute Gasteiger partial charge is 0.219 e. The van der Waals surface area contributed by atoms with Gasteiger partial charge in [0, 0.05) is 30.8 Å². The van der Waals surface area contributed by atoms with Gasteiger partial charge in [-0.2, -0.15) is 5.26 Å². The number of amides is 1. The second kappa shape index (κ2) is 6.43. The highest BCUT2D eigenvalue weighted by Crippen LogP contribution is 2.47. The summed E-state index contributed by atoms with van der Waals surface area (Å²) in [7, 11) is 0. The summed E-state index contributed by atoms with van der Waals surface area (Å²) in [6.07, 6.45) is 4.42. The normalized spacial score (nSPS) is 27.3. The fourth-order valence-electron chi connectivity index (χ4n) is 3.52. The molecule has 2 rings (SSSR count). The molecule has 1 saturated heterocycles. The molecule has 0 radical (unpaired) electrons. The summed E-state index contributed by atoms with van der Waals surface area (Å²) in [5.74, 6) is 0.00117. The molecule has 116 valence electrons. The van der Waals surface area contributed by atoms with Crippen LogP contribution in [0.2, 0.25) is 0 Å². The molecule has 1 amide bonds. The number of piperidine rings is 1. The molecule has 1 aliphatic heterocycles. The fraction of sp³-hybridized carbons (Fsp3) is 0.706. The molecular weight excluding hydrogens is 264 g/mol. The Bertz CT molecular complexity index is 499. The fourth-order valence-corrected chi connectivity index (χ4v) is 3.52. The van der Waals surface area contributed by atoms with Crippen molar-refractivity contribution in [2.24, 2.45) is 10.8 Å². The Labute approximate surface area is 127 Å². The third-order valence-corrected chi connectivity index (χ3v) is 4.28. The first-order valence-electron chi connectivity index (χ1n) is 7.73. The minimum atomic E-state index is -0.514. The SMILES string of the molecule is CC.CC(=O)N1CCCC2(C=C(C#N)C(=O)C(C)(C)C2)C1. The summed E-state index contributed by atoms with van der Waals surface area (Å²) in [5.41, 5.74) is -0.451. The molecule has 1 heterocycles. The van der Waals surface area contributed by atoms with Crippen LogP contribution in [0.25, 0.3) is 0 Å². The Morgan fingerprint density at radius 1 is 1.38 bits per heavy atom. The Hall–Kier alpha value is -1.63. The number of rotatable bonds is 0. The molecule has 2 aliphatic rings. The zero-order valence-corrected chi connectivity index (χ0v) is 13.8. The lowest BCUT2D eigenvalue weighted by molar-refractivity contribution is -0.133. The van der Waals surface area contributed by atoms with Gasteiger partial charge < -0.3 is 4.90 Å². The molecule has 1 fully saturated rings. The van der Waals surface area contributed by atoms with Crippen molar-refractivity contribution in [1.82, 2.24) is 4.90 Å². The van der Waals surface area contributed by atoms with Crippen molar-refractivity contribution in [1.29, 1.82) is 5.26 Å². The van der Waals surface area contributed by atoms with E-state index in [1.54, 1.807) is 6.92 Å². The van der Waals surface area contributed by atoms with Crippen LogP contribution in [0.4, 0.5) is 0 Å². The number of carbonyl (C=O) groups excluding carboxylic acids is 2. The highest BCUT2D eigenvalue weighted by Gasteiger charge is 2.46. The number of nitriles is 1. The monoisotopic (exact) mass is 290 g/mol. The number of allylic oxidation sites excluding steroid dienone is 1. The van der Waals surface area contributed by atoms with Gasteiger partial charge in [0.1, 0.15) is 6.07 Å². The maximum absolute atomic E-state index is 12.1. The minimum Gasteiger partial charge on any atom is -0.342 e. The molecule has 0 bridgehead atoms. The third kappa shape index (κ3) is 3.53. The van der Waals surface area contributed by atoms with Crippen molar-refractivity contribution in [3.63, 3.8) is 0 Å². The van der Waals surface area contributed by atoms with Crippen LogP contribution in [-0.2, 0) is 9.59 Å². The third-order valence-electron chi connectivity index (χ3n) is 4.28. The van der Waals surface area contributed by atoms with E-state index in [1.165, 1.54) is 0 Å². The summed E-state index contributed by atoms with van der Waals surface area (Å²) in [6.45, 7) is 10.8. The van der Waals surface area contributed by atoms with Crippen LogP contribution in [0.5, 0.6) is 0 Å². The Kier molecular flexibility index (Phi) is 5.33. The Morgan fingerprint density at radius 3 is 2.52 bits per heavy atom. The molecule has 4 nitrogen and oxygen atoms in total. The van der Waals surface area contributed by atoms with E-state index in [4.69, 9.17) is 5.26 Å². The summed E-state index contributed by atoms with van der Waals surface area (Å²) in [5, 5.41) is 9.16. The molecule has 4 heteroatoms. The lowest BCUT2D eigenvalue weighted by Gasteiger charge is -2.46. The van der Waals surface area contributed by atoms with E-state index in [-0.39, 0.29) is 22.7 Å². The van der Waals surface area contributed by atoms with E-state index in [2.05, 4.69) is 0 Å². The van der Waals surface area contributed by atoms with Crippen molar-refractivity contribution in [3.8, 4) is 6.07 Å². The first kappa shape index (κ1) is 17.4. The second-order valence-corrected chi connectivity index (χ2v) is 6.47. The van der Waals surface area contributed by atoms with Crippen LogP contribution in [0.15, 0.2) is 11.6 Å². The molecule has 0 saturated carbocycles. The van der Waals surface area contributed by atoms with E-state index in [0.29, 0.717) is 13.0 Å². The van der Waals surface area contributed by atoms with E-state index in [9.17, 15) is 9.59 Å². The zero-order chi connectivity index (χ0) is 16.3. The molecule has 1 spiro atoms. The molecule has 1 aliphatic carbocycles. The van der Waals surface area contributed by atoms with Crippen LogP contribution >= 0.6 is 0 Å². The van der Waals surface area contributed by atoms with Crippen LogP contribution in [-0.4, -0.2) is 29.7 Å². The highest BCUT2D eigenvalue weighted by molar-refractivity contribution is 6.03. The lowest BCUT2D eigenvalue weighted by Crippen LogP contribution is -2.49.